The number of aliphatic hydroxyl groups excluding tert-OH is 1. The second kappa shape index (κ2) is 8.44. The molecule has 1 atom stereocenters. The van der Waals surface area contributed by atoms with Crippen molar-refractivity contribution in [3.05, 3.63) is 0 Å². The van der Waals surface area contributed by atoms with E-state index in [1.165, 1.54) is 0 Å². The summed E-state index contributed by atoms with van der Waals surface area (Å²) in [5.41, 5.74) is 0. The number of aliphatic hydroxyl groups is 1. The summed E-state index contributed by atoms with van der Waals surface area (Å²) in [4.78, 5) is 0. The van der Waals surface area contributed by atoms with E-state index in [1.807, 2.05) is 0 Å². The van der Waals surface area contributed by atoms with Crippen molar-refractivity contribution in [2.75, 3.05) is 6.61 Å². The molecule has 1 N–H and O–H groups in total. The molecule has 0 aromatic heterocycles. The lowest BCUT2D eigenvalue weighted by Crippen LogP contribution is -2.34. The zero-order chi connectivity index (χ0) is 16.7. The van der Waals surface area contributed by atoms with Crippen LogP contribution < -0.4 is 0 Å². The van der Waals surface area contributed by atoms with Crippen molar-refractivity contribution in [1.82, 2.24) is 0 Å². The quantitative estimate of drug-likeness (QED) is 0.783. The second-order valence-corrected chi connectivity index (χ2v) is 2.95. The first-order chi connectivity index (χ1) is 8.71. The first-order valence-corrected chi connectivity index (χ1v) is 4.30. The summed E-state index contributed by atoms with van der Waals surface area (Å²) in [5, 5.41) is 7.59. The monoisotopic (exact) mass is 332 g/mol. The highest BCUT2D eigenvalue weighted by molar-refractivity contribution is 4.67. The smallest absolute Gasteiger partial charge is 0.379 e. The predicted octanol–water partition coefficient (Wildman–Crippen LogP) is 3.30. The minimum atomic E-state index is -5.21. The lowest BCUT2D eigenvalue weighted by Gasteiger charge is -2.14. The molecule has 20 heavy (non-hydrogen) atoms. The SMILES string of the molecule is FC(F)OCC(F)(F)C(F)F.OC(C(F)F)C(F)(F)F. The molecule has 0 saturated carbocycles. The average Bonchev–Trinajstić information content (AvgIpc) is 2.24. The number of hydrogen-bond donors (Lipinski definition) is 1. The largest absolute Gasteiger partial charge is 0.420 e. The Morgan fingerprint density at radius 3 is 1.40 bits per heavy atom. The van der Waals surface area contributed by atoms with Crippen molar-refractivity contribution in [1.29, 1.82) is 0 Å². The van der Waals surface area contributed by atoms with E-state index in [4.69, 9.17) is 5.11 Å². The Bertz CT molecular complexity index is 252. The van der Waals surface area contributed by atoms with Crippen LogP contribution in [0.15, 0.2) is 0 Å². The minimum absolute atomic E-state index is 1.97. The van der Waals surface area contributed by atoms with Gasteiger partial charge in [-0.05, 0) is 0 Å². The van der Waals surface area contributed by atoms with E-state index in [9.17, 15) is 48.3 Å². The van der Waals surface area contributed by atoms with E-state index in [-0.39, 0.29) is 0 Å². The fraction of sp³-hybridized carbons (Fsp3) is 1.00. The number of rotatable bonds is 5. The maximum Gasteiger partial charge on any atom is 0.420 e. The van der Waals surface area contributed by atoms with E-state index in [1.54, 1.807) is 0 Å². The van der Waals surface area contributed by atoms with E-state index in [0.717, 1.165) is 0 Å². The summed E-state index contributed by atoms with van der Waals surface area (Å²) >= 11 is 0. The highest BCUT2D eigenvalue weighted by atomic mass is 19.4. The summed E-state index contributed by atoms with van der Waals surface area (Å²) in [6.07, 6.45) is -16.5. The van der Waals surface area contributed by atoms with E-state index < -0.39 is 44.3 Å². The molecule has 124 valence electrons. The summed E-state index contributed by atoms with van der Waals surface area (Å²) in [7, 11) is 0. The van der Waals surface area contributed by atoms with E-state index >= 15 is 0 Å². The molecule has 0 bridgehead atoms. The van der Waals surface area contributed by atoms with Crippen molar-refractivity contribution in [2.24, 2.45) is 0 Å². The van der Waals surface area contributed by atoms with Crippen LogP contribution >= 0.6 is 0 Å². The molecule has 0 aromatic carbocycles. The van der Waals surface area contributed by atoms with Crippen LogP contribution in [0.4, 0.5) is 48.3 Å². The lowest BCUT2D eigenvalue weighted by molar-refractivity contribution is -0.236. The molecule has 2 nitrogen and oxygen atoms in total. The number of hydrogen-bond acceptors (Lipinski definition) is 2. The first-order valence-electron chi connectivity index (χ1n) is 4.30. The molecule has 0 spiro atoms. The van der Waals surface area contributed by atoms with Crippen molar-refractivity contribution in [3.63, 3.8) is 0 Å². The van der Waals surface area contributed by atoms with Crippen molar-refractivity contribution < 1.29 is 58.1 Å². The Morgan fingerprint density at radius 2 is 1.25 bits per heavy atom. The van der Waals surface area contributed by atoms with Gasteiger partial charge in [-0.2, -0.15) is 30.7 Å². The van der Waals surface area contributed by atoms with Gasteiger partial charge in [0.1, 0.15) is 6.61 Å². The lowest BCUT2D eigenvalue weighted by atomic mass is 10.4. The second-order valence-electron chi connectivity index (χ2n) is 2.95. The predicted molar refractivity (Wildman–Crippen MR) is 41.0 cm³/mol. The fourth-order valence-electron chi connectivity index (χ4n) is 0.380. The molecule has 0 aliphatic heterocycles. The zero-order valence-electron chi connectivity index (χ0n) is 9.03. The van der Waals surface area contributed by atoms with Crippen LogP contribution in [-0.4, -0.2) is 49.4 Å². The molecular formula is C7H7F11O2. The van der Waals surface area contributed by atoms with Crippen LogP contribution in [0.25, 0.3) is 0 Å². The normalized spacial score (nSPS) is 14.6. The molecule has 0 heterocycles. The van der Waals surface area contributed by atoms with Crippen LogP contribution in [-0.2, 0) is 4.74 Å². The van der Waals surface area contributed by atoms with Crippen LogP contribution in [0.1, 0.15) is 0 Å². The average molecular weight is 332 g/mol. The molecule has 0 radical (unpaired) electrons. The molecule has 0 aliphatic carbocycles. The third-order valence-corrected chi connectivity index (χ3v) is 1.30. The Hall–Kier alpha value is -0.850. The Labute approximate surface area is 104 Å². The molecular weight excluding hydrogens is 325 g/mol. The molecule has 0 rings (SSSR count). The molecule has 0 aliphatic rings. The molecule has 0 saturated heterocycles. The molecule has 13 heteroatoms. The highest BCUT2D eigenvalue weighted by Gasteiger charge is 2.44. The number of ether oxygens (including phenoxy) is 1. The van der Waals surface area contributed by atoms with Crippen LogP contribution in [0.5, 0.6) is 0 Å². The van der Waals surface area contributed by atoms with Crippen LogP contribution in [0.2, 0.25) is 0 Å². The third-order valence-electron chi connectivity index (χ3n) is 1.30. The van der Waals surface area contributed by atoms with Gasteiger partial charge < -0.3 is 9.84 Å². The van der Waals surface area contributed by atoms with Crippen LogP contribution in [0.3, 0.4) is 0 Å². The minimum Gasteiger partial charge on any atom is -0.379 e. The molecule has 0 fully saturated rings. The maximum atomic E-state index is 11.7. The summed E-state index contributed by atoms with van der Waals surface area (Å²) in [6, 6.07) is 0. The number of halogens is 11. The van der Waals surface area contributed by atoms with E-state index in [0.29, 0.717) is 0 Å². The van der Waals surface area contributed by atoms with Gasteiger partial charge in [0.15, 0.2) is 0 Å². The Morgan fingerprint density at radius 1 is 0.850 bits per heavy atom. The number of alkyl halides is 11. The van der Waals surface area contributed by atoms with Crippen molar-refractivity contribution in [2.45, 2.75) is 37.7 Å². The van der Waals surface area contributed by atoms with Gasteiger partial charge in [-0.1, -0.05) is 0 Å². The maximum absolute atomic E-state index is 11.7. The van der Waals surface area contributed by atoms with Gasteiger partial charge in [0, 0.05) is 0 Å². The van der Waals surface area contributed by atoms with Crippen LogP contribution in [0, 0.1) is 0 Å². The van der Waals surface area contributed by atoms with Gasteiger partial charge in [-0.3, -0.25) is 0 Å². The van der Waals surface area contributed by atoms with Gasteiger partial charge in [0.2, 0.25) is 6.10 Å². The fourth-order valence-corrected chi connectivity index (χ4v) is 0.380. The van der Waals surface area contributed by atoms with E-state index in [2.05, 4.69) is 4.74 Å². The molecule has 0 aromatic rings. The third kappa shape index (κ3) is 10.00. The summed E-state index contributed by atoms with van der Waals surface area (Å²) < 4.78 is 126. The summed E-state index contributed by atoms with van der Waals surface area (Å²) in [6.45, 7) is -5.43. The van der Waals surface area contributed by atoms with Gasteiger partial charge >= 0.3 is 25.1 Å². The molecule has 0 amide bonds. The Balaban J connectivity index is 0. The van der Waals surface area contributed by atoms with Crippen molar-refractivity contribution >= 4 is 0 Å². The highest BCUT2D eigenvalue weighted by Crippen LogP contribution is 2.24. The van der Waals surface area contributed by atoms with Gasteiger partial charge in [-0.25, -0.2) is 17.6 Å². The zero-order valence-corrected chi connectivity index (χ0v) is 9.03. The van der Waals surface area contributed by atoms with Gasteiger partial charge in [-0.15, -0.1) is 0 Å². The first kappa shape index (κ1) is 21.4. The van der Waals surface area contributed by atoms with Gasteiger partial charge in [0.25, 0.3) is 6.43 Å². The Kier molecular flexibility index (Phi) is 9.05. The summed E-state index contributed by atoms with van der Waals surface area (Å²) in [5.74, 6) is -4.50. The van der Waals surface area contributed by atoms with Gasteiger partial charge in [0.05, 0.1) is 0 Å². The van der Waals surface area contributed by atoms with Crippen molar-refractivity contribution in [3.8, 4) is 0 Å². The standard InChI is InChI=1S/C4H4F6O.C3H3F5O/c5-2(6)4(9,10)1-11-3(7)8;4-2(5)1(9)3(6,7)8/h2-3H,1H2;1-2,9H. The topological polar surface area (TPSA) is 29.5 Å². The molecule has 1 unspecified atom stereocenters.